The molecule has 1 aliphatic carbocycles. The number of nitrogens with one attached hydrogen (secondary N) is 1. The van der Waals surface area contributed by atoms with E-state index in [-0.39, 0.29) is 17.5 Å². The largest absolute Gasteiger partial charge is 0.352 e. The number of rotatable bonds is 4. The summed E-state index contributed by atoms with van der Waals surface area (Å²) in [6.45, 7) is 0.390. The summed E-state index contributed by atoms with van der Waals surface area (Å²) >= 11 is 0. The van der Waals surface area contributed by atoms with E-state index in [4.69, 9.17) is 0 Å². The fourth-order valence-corrected chi connectivity index (χ4v) is 1.82. The average molecular weight is 259 g/mol. The molecule has 0 aromatic heterocycles. The van der Waals surface area contributed by atoms with E-state index in [0.29, 0.717) is 24.9 Å². The van der Waals surface area contributed by atoms with E-state index < -0.39 is 0 Å². The van der Waals surface area contributed by atoms with Crippen LogP contribution < -0.4 is 5.32 Å². The van der Waals surface area contributed by atoms with Crippen LogP contribution in [0.25, 0.3) is 0 Å². The Hall–Kier alpha value is -2.23. The molecule has 0 saturated carbocycles. The van der Waals surface area contributed by atoms with Gasteiger partial charge in [0.15, 0.2) is 5.78 Å². The molecule has 1 N–H and O–H groups in total. The van der Waals surface area contributed by atoms with Gasteiger partial charge >= 0.3 is 0 Å². The molecule has 0 bridgehead atoms. The predicted molar refractivity (Wildman–Crippen MR) is 70.2 cm³/mol. The van der Waals surface area contributed by atoms with Gasteiger partial charge in [-0.3, -0.25) is 9.59 Å². The molecule has 19 heavy (non-hydrogen) atoms. The molecule has 1 aliphatic rings. The van der Waals surface area contributed by atoms with Crippen molar-refractivity contribution in [1.29, 1.82) is 0 Å². The molecule has 1 amide bonds. The first-order valence-corrected chi connectivity index (χ1v) is 6.09. The highest BCUT2D eigenvalue weighted by Crippen LogP contribution is 2.11. The molecule has 0 aliphatic heterocycles. The van der Waals surface area contributed by atoms with Gasteiger partial charge in [-0.15, -0.1) is 0 Å². The van der Waals surface area contributed by atoms with Crippen molar-refractivity contribution in [1.82, 2.24) is 5.32 Å². The molecule has 2 rings (SSSR count). The van der Waals surface area contributed by atoms with E-state index in [1.54, 1.807) is 6.08 Å². The summed E-state index contributed by atoms with van der Waals surface area (Å²) in [5.41, 5.74) is 1.13. The van der Waals surface area contributed by atoms with Gasteiger partial charge in [0.25, 0.3) is 5.91 Å². The average Bonchev–Trinajstić information content (AvgIpc) is 2.41. The fraction of sp³-hybridized carbons (Fsp3) is 0.200. The maximum absolute atomic E-state index is 12.7. The molecule has 3 nitrogen and oxygen atoms in total. The molecule has 0 radical (unpaired) electrons. The van der Waals surface area contributed by atoms with Gasteiger partial charge in [-0.25, -0.2) is 4.39 Å². The monoisotopic (exact) mass is 259 g/mol. The maximum atomic E-state index is 12.7. The summed E-state index contributed by atoms with van der Waals surface area (Å²) in [5.74, 6) is -0.542. The first-order valence-electron chi connectivity index (χ1n) is 6.09. The van der Waals surface area contributed by atoms with E-state index in [2.05, 4.69) is 5.32 Å². The number of carbonyl (C=O) groups is 2. The van der Waals surface area contributed by atoms with Gasteiger partial charge in [0, 0.05) is 18.5 Å². The van der Waals surface area contributed by atoms with Crippen molar-refractivity contribution in [2.45, 2.75) is 12.8 Å². The van der Waals surface area contributed by atoms with Crippen molar-refractivity contribution in [2.75, 3.05) is 6.54 Å². The SMILES string of the molecule is O=C1CC=CC=C1CCNC(=O)c1ccc(F)cc1. The van der Waals surface area contributed by atoms with Crippen LogP contribution in [0.15, 0.2) is 48.1 Å². The molecule has 4 heteroatoms. The van der Waals surface area contributed by atoms with Gasteiger partial charge in [-0.05, 0) is 36.3 Å². The lowest BCUT2D eigenvalue weighted by Crippen LogP contribution is -2.25. The Morgan fingerprint density at radius 3 is 2.68 bits per heavy atom. The van der Waals surface area contributed by atoms with Gasteiger partial charge in [0.1, 0.15) is 5.82 Å². The third-order valence-electron chi connectivity index (χ3n) is 2.88. The molecule has 0 unspecified atom stereocenters. The van der Waals surface area contributed by atoms with E-state index in [9.17, 15) is 14.0 Å². The van der Waals surface area contributed by atoms with E-state index in [0.717, 1.165) is 5.57 Å². The number of halogens is 1. The Labute approximate surface area is 110 Å². The number of carbonyl (C=O) groups excluding carboxylic acids is 2. The van der Waals surface area contributed by atoms with Crippen LogP contribution in [0, 0.1) is 5.82 Å². The lowest BCUT2D eigenvalue weighted by atomic mass is 10.0. The Morgan fingerprint density at radius 1 is 1.26 bits per heavy atom. The third kappa shape index (κ3) is 3.61. The van der Waals surface area contributed by atoms with Crippen molar-refractivity contribution in [3.8, 4) is 0 Å². The van der Waals surface area contributed by atoms with Gasteiger partial charge < -0.3 is 5.32 Å². The molecule has 0 spiro atoms. The van der Waals surface area contributed by atoms with Crippen LogP contribution in [0.3, 0.4) is 0 Å². The van der Waals surface area contributed by atoms with Crippen molar-refractivity contribution in [3.63, 3.8) is 0 Å². The lowest BCUT2D eigenvalue weighted by Gasteiger charge is -2.09. The topological polar surface area (TPSA) is 46.2 Å². The first-order chi connectivity index (χ1) is 9.16. The second kappa shape index (κ2) is 6.09. The normalized spacial score (nSPS) is 14.2. The van der Waals surface area contributed by atoms with Crippen molar-refractivity contribution in [3.05, 3.63) is 59.4 Å². The Kier molecular flexibility index (Phi) is 4.23. The number of amides is 1. The second-order valence-corrected chi connectivity index (χ2v) is 4.26. The zero-order valence-corrected chi connectivity index (χ0v) is 10.4. The number of hydrogen-bond donors (Lipinski definition) is 1. The van der Waals surface area contributed by atoms with E-state index in [1.165, 1.54) is 24.3 Å². The Balaban J connectivity index is 1.84. The molecule has 1 aromatic carbocycles. The standard InChI is InChI=1S/C15H14FNO2/c16-13-7-5-12(6-8-13)15(19)17-10-9-11-3-1-2-4-14(11)18/h1-3,5-8H,4,9-10H2,(H,17,19). The summed E-state index contributed by atoms with van der Waals surface area (Å²) < 4.78 is 12.7. The molecule has 0 saturated heterocycles. The molecule has 98 valence electrons. The van der Waals surface area contributed by atoms with Gasteiger partial charge in [-0.2, -0.15) is 0 Å². The second-order valence-electron chi connectivity index (χ2n) is 4.26. The summed E-state index contributed by atoms with van der Waals surface area (Å²) in [5, 5.41) is 2.71. The zero-order valence-electron chi connectivity index (χ0n) is 10.4. The van der Waals surface area contributed by atoms with E-state index >= 15 is 0 Å². The van der Waals surface area contributed by atoms with Crippen LogP contribution in [0.1, 0.15) is 23.2 Å². The summed E-state index contributed by atoms with van der Waals surface area (Å²) in [6.07, 6.45) is 6.37. The van der Waals surface area contributed by atoms with Crippen LogP contribution in [0.4, 0.5) is 4.39 Å². The molecule has 0 heterocycles. The minimum Gasteiger partial charge on any atom is -0.352 e. The van der Waals surface area contributed by atoms with Gasteiger partial charge in [-0.1, -0.05) is 18.2 Å². The number of allylic oxidation sites excluding steroid dienone is 3. The minimum absolute atomic E-state index is 0.0959. The van der Waals surface area contributed by atoms with Crippen molar-refractivity contribution < 1.29 is 14.0 Å². The number of benzene rings is 1. The van der Waals surface area contributed by atoms with Crippen molar-refractivity contribution in [2.24, 2.45) is 0 Å². The summed E-state index contributed by atoms with van der Waals surface area (Å²) in [7, 11) is 0. The van der Waals surface area contributed by atoms with Crippen LogP contribution in [0.5, 0.6) is 0 Å². The number of hydrogen-bond acceptors (Lipinski definition) is 2. The molecular formula is C15H14FNO2. The highest BCUT2D eigenvalue weighted by Gasteiger charge is 2.11. The van der Waals surface area contributed by atoms with Crippen molar-refractivity contribution >= 4 is 11.7 Å². The smallest absolute Gasteiger partial charge is 0.251 e. The van der Waals surface area contributed by atoms with Crippen LogP contribution >= 0.6 is 0 Å². The summed E-state index contributed by atoms with van der Waals surface area (Å²) in [6, 6.07) is 5.34. The highest BCUT2D eigenvalue weighted by atomic mass is 19.1. The summed E-state index contributed by atoms with van der Waals surface area (Å²) in [4.78, 5) is 23.2. The predicted octanol–water partition coefficient (Wildman–Crippen LogP) is 2.40. The van der Waals surface area contributed by atoms with Crippen LogP contribution in [0.2, 0.25) is 0 Å². The van der Waals surface area contributed by atoms with Gasteiger partial charge in [0.05, 0.1) is 0 Å². The Morgan fingerprint density at radius 2 is 2.00 bits per heavy atom. The Bertz CT molecular complexity index is 544. The molecule has 1 aromatic rings. The molecule has 0 atom stereocenters. The maximum Gasteiger partial charge on any atom is 0.251 e. The fourth-order valence-electron chi connectivity index (χ4n) is 1.82. The van der Waals surface area contributed by atoms with Gasteiger partial charge in [0.2, 0.25) is 0 Å². The zero-order chi connectivity index (χ0) is 13.7. The molecular weight excluding hydrogens is 245 g/mol. The highest BCUT2D eigenvalue weighted by molar-refractivity contribution is 5.98. The third-order valence-corrected chi connectivity index (χ3v) is 2.88. The number of ketones is 1. The number of Topliss-reactive ketones (excluding diaryl/α,β-unsaturated/α-hetero) is 1. The van der Waals surface area contributed by atoms with E-state index in [1.807, 2.05) is 12.2 Å². The quantitative estimate of drug-likeness (QED) is 0.902. The molecule has 0 fully saturated rings. The van der Waals surface area contributed by atoms with Crippen LogP contribution in [-0.4, -0.2) is 18.2 Å². The minimum atomic E-state index is -0.374. The first kappa shape index (κ1) is 13.2. The lowest BCUT2D eigenvalue weighted by molar-refractivity contribution is -0.115. The van der Waals surface area contributed by atoms with Crippen LogP contribution in [-0.2, 0) is 4.79 Å².